The van der Waals surface area contributed by atoms with E-state index in [2.05, 4.69) is 10.3 Å². The van der Waals surface area contributed by atoms with Gasteiger partial charge >= 0.3 is 6.18 Å². The summed E-state index contributed by atoms with van der Waals surface area (Å²) in [6.07, 6.45) is 0.294. The largest absolute Gasteiger partial charge is 0.406 e. The first-order valence-electron chi connectivity index (χ1n) is 7.92. The van der Waals surface area contributed by atoms with Gasteiger partial charge in [0.25, 0.3) is 0 Å². The lowest BCUT2D eigenvalue weighted by Crippen LogP contribution is -2.45. The van der Waals surface area contributed by atoms with Gasteiger partial charge in [-0.1, -0.05) is 0 Å². The van der Waals surface area contributed by atoms with Gasteiger partial charge in [-0.05, 0) is 26.8 Å². The molecule has 2 unspecified atom stereocenters. The molecule has 1 saturated heterocycles. The van der Waals surface area contributed by atoms with Gasteiger partial charge in [0.2, 0.25) is 5.91 Å². The van der Waals surface area contributed by atoms with Crippen LogP contribution >= 0.6 is 0 Å². The predicted molar refractivity (Wildman–Crippen MR) is 81.2 cm³/mol. The highest BCUT2D eigenvalue weighted by Gasteiger charge is 2.29. The third-order valence-corrected chi connectivity index (χ3v) is 4.11. The number of aromatic nitrogens is 2. The van der Waals surface area contributed by atoms with Crippen LogP contribution in [-0.2, 0) is 22.6 Å². The normalized spacial score (nSPS) is 19.7. The molecule has 2 atom stereocenters. The molecule has 9 heteroatoms. The van der Waals surface area contributed by atoms with Gasteiger partial charge in [-0.15, -0.1) is 0 Å². The van der Waals surface area contributed by atoms with E-state index in [1.807, 2.05) is 0 Å². The van der Waals surface area contributed by atoms with Crippen molar-refractivity contribution in [3.63, 3.8) is 0 Å². The molecule has 0 aliphatic carbocycles. The second-order valence-corrected chi connectivity index (χ2v) is 6.06. The van der Waals surface area contributed by atoms with Crippen molar-refractivity contribution in [2.24, 2.45) is 0 Å². The number of alkyl halides is 3. The molecule has 0 saturated carbocycles. The Morgan fingerprint density at radius 2 is 2.33 bits per heavy atom. The molecule has 0 aromatic carbocycles. The van der Waals surface area contributed by atoms with Gasteiger partial charge in [0, 0.05) is 25.5 Å². The Morgan fingerprint density at radius 3 is 2.96 bits per heavy atom. The minimum atomic E-state index is -4.31. The number of nitrogens with one attached hydrogen (secondary N) is 1. The molecule has 1 aromatic heterocycles. The predicted octanol–water partition coefficient (Wildman–Crippen LogP) is 1.56. The van der Waals surface area contributed by atoms with Crippen LogP contribution in [0, 0.1) is 0 Å². The number of imidazole rings is 1. The van der Waals surface area contributed by atoms with Gasteiger partial charge in [0.05, 0.1) is 18.7 Å². The fraction of sp³-hybridized carbons (Fsp3) is 0.733. The van der Waals surface area contributed by atoms with Gasteiger partial charge in [0.15, 0.2) is 0 Å². The lowest BCUT2D eigenvalue weighted by Gasteiger charge is -2.24. The molecule has 0 spiro atoms. The fourth-order valence-corrected chi connectivity index (χ4v) is 2.56. The van der Waals surface area contributed by atoms with E-state index in [9.17, 15) is 18.0 Å². The quantitative estimate of drug-likeness (QED) is 0.812. The Hall–Kier alpha value is -1.61. The van der Waals surface area contributed by atoms with Crippen molar-refractivity contribution in [2.75, 3.05) is 20.2 Å². The lowest BCUT2D eigenvalue weighted by atomic mass is 10.2. The van der Waals surface area contributed by atoms with Crippen molar-refractivity contribution >= 4 is 5.91 Å². The number of rotatable bonds is 7. The van der Waals surface area contributed by atoms with Crippen LogP contribution in [0.15, 0.2) is 12.4 Å². The molecular formula is C15H23F3N4O2. The van der Waals surface area contributed by atoms with Crippen molar-refractivity contribution in [3.05, 3.63) is 18.2 Å². The monoisotopic (exact) mass is 348 g/mol. The summed E-state index contributed by atoms with van der Waals surface area (Å²) >= 11 is 0. The fourth-order valence-electron chi connectivity index (χ4n) is 2.56. The maximum atomic E-state index is 12.5. The van der Waals surface area contributed by atoms with Crippen LogP contribution in [0.25, 0.3) is 0 Å². The summed E-state index contributed by atoms with van der Waals surface area (Å²) in [5.74, 6) is 0.0931. The smallest absolute Gasteiger partial charge is 0.376 e. The number of hydrogen-bond acceptors (Lipinski definition) is 4. The van der Waals surface area contributed by atoms with E-state index < -0.39 is 18.8 Å². The molecule has 0 bridgehead atoms. The maximum Gasteiger partial charge on any atom is 0.406 e. The molecule has 2 rings (SSSR count). The Kier molecular flexibility index (Phi) is 6.22. The van der Waals surface area contributed by atoms with Crippen molar-refractivity contribution in [1.82, 2.24) is 19.8 Å². The van der Waals surface area contributed by atoms with E-state index in [0.717, 1.165) is 24.0 Å². The van der Waals surface area contributed by atoms with Crippen LogP contribution in [0.1, 0.15) is 25.6 Å². The van der Waals surface area contributed by atoms with Gasteiger partial charge in [-0.2, -0.15) is 13.2 Å². The van der Waals surface area contributed by atoms with E-state index in [1.165, 1.54) is 12.4 Å². The minimum Gasteiger partial charge on any atom is -0.376 e. The van der Waals surface area contributed by atoms with E-state index in [4.69, 9.17) is 4.74 Å². The minimum absolute atomic E-state index is 0.0529. The second kappa shape index (κ2) is 7.98. The highest BCUT2D eigenvalue weighted by molar-refractivity contribution is 5.81. The number of ether oxygens (including phenoxy) is 1. The molecule has 1 amide bonds. The van der Waals surface area contributed by atoms with Gasteiger partial charge < -0.3 is 14.6 Å². The molecule has 1 aromatic rings. The molecule has 24 heavy (non-hydrogen) atoms. The summed E-state index contributed by atoms with van der Waals surface area (Å²) in [6.45, 7) is 1.95. The highest BCUT2D eigenvalue weighted by Crippen LogP contribution is 2.19. The van der Waals surface area contributed by atoms with Crippen molar-refractivity contribution in [1.29, 1.82) is 0 Å². The van der Waals surface area contributed by atoms with Gasteiger partial charge in [-0.25, -0.2) is 4.98 Å². The number of likely N-dealkylation sites (N-methyl/N-ethyl adjacent to an activating group) is 1. The second-order valence-electron chi connectivity index (χ2n) is 6.06. The Morgan fingerprint density at radius 1 is 1.58 bits per heavy atom. The lowest BCUT2D eigenvalue weighted by molar-refractivity contribution is -0.141. The number of carbonyl (C=O) groups excluding carboxylic acids is 1. The number of amides is 1. The van der Waals surface area contributed by atoms with Crippen molar-refractivity contribution in [2.45, 2.75) is 51.2 Å². The van der Waals surface area contributed by atoms with Crippen LogP contribution in [0.4, 0.5) is 13.2 Å². The third kappa shape index (κ3) is 5.48. The topological polar surface area (TPSA) is 59.4 Å². The Bertz CT molecular complexity index is 541. The molecule has 1 fully saturated rings. The molecule has 2 heterocycles. The Balaban J connectivity index is 1.85. The first-order chi connectivity index (χ1) is 11.3. The zero-order valence-electron chi connectivity index (χ0n) is 13.8. The molecule has 1 N–H and O–H groups in total. The molecule has 0 radical (unpaired) electrons. The van der Waals surface area contributed by atoms with E-state index >= 15 is 0 Å². The summed E-state index contributed by atoms with van der Waals surface area (Å²) in [4.78, 5) is 17.8. The molecule has 136 valence electrons. The Labute approximate surface area is 139 Å². The van der Waals surface area contributed by atoms with Crippen LogP contribution in [0.2, 0.25) is 0 Å². The van der Waals surface area contributed by atoms with Crippen LogP contribution in [-0.4, -0.2) is 58.9 Å². The van der Waals surface area contributed by atoms with E-state index in [1.54, 1.807) is 18.9 Å². The number of nitrogens with zero attached hydrogens (tertiary/aromatic N) is 3. The van der Waals surface area contributed by atoms with E-state index in [0.29, 0.717) is 6.54 Å². The zero-order chi connectivity index (χ0) is 17.7. The van der Waals surface area contributed by atoms with Crippen molar-refractivity contribution < 1.29 is 22.7 Å². The van der Waals surface area contributed by atoms with Crippen molar-refractivity contribution in [3.8, 4) is 0 Å². The summed E-state index contributed by atoms with van der Waals surface area (Å²) in [6, 6.07) is -0.484. The first kappa shape index (κ1) is 18.7. The van der Waals surface area contributed by atoms with Gasteiger partial charge in [-0.3, -0.25) is 9.69 Å². The molecular weight excluding hydrogens is 325 g/mol. The molecule has 1 aliphatic heterocycles. The third-order valence-electron chi connectivity index (χ3n) is 4.11. The summed E-state index contributed by atoms with van der Waals surface area (Å²) in [5.41, 5.74) is 0. The van der Waals surface area contributed by atoms with Crippen LogP contribution < -0.4 is 5.32 Å². The average molecular weight is 348 g/mol. The number of hydrogen-bond donors (Lipinski definition) is 1. The summed E-state index contributed by atoms with van der Waals surface area (Å²) in [7, 11) is 1.68. The van der Waals surface area contributed by atoms with Gasteiger partial charge in [0.1, 0.15) is 12.4 Å². The standard InChI is InChI=1S/C15H23F3N4O2/c1-11(14(23)20-8-12-4-3-7-24-12)21(2)9-13-19-5-6-22(13)10-15(16,17)18/h5-6,11-12H,3-4,7-10H2,1-2H3,(H,20,23). The zero-order valence-corrected chi connectivity index (χ0v) is 13.8. The number of carbonyl (C=O) groups is 1. The SMILES string of the molecule is CC(C(=O)NCC1CCCO1)N(C)Cc1nccn1CC(F)(F)F. The highest BCUT2D eigenvalue weighted by atomic mass is 19.4. The first-order valence-corrected chi connectivity index (χ1v) is 7.92. The summed E-state index contributed by atoms with van der Waals surface area (Å²) < 4.78 is 44.1. The average Bonchev–Trinajstić information content (AvgIpc) is 3.15. The van der Waals surface area contributed by atoms with E-state index in [-0.39, 0.29) is 24.4 Å². The maximum absolute atomic E-state index is 12.5. The van der Waals surface area contributed by atoms with Crippen LogP contribution in [0.3, 0.4) is 0 Å². The molecule has 6 nitrogen and oxygen atoms in total. The molecule has 1 aliphatic rings. The summed E-state index contributed by atoms with van der Waals surface area (Å²) in [5, 5.41) is 2.82. The number of halogens is 3. The van der Waals surface area contributed by atoms with Crippen LogP contribution in [0.5, 0.6) is 0 Å².